The predicted octanol–water partition coefficient (Wildman–Crippen LogP) is 1.72. The predicted molar refractivity (Wildman–Crippen MR) is 43.5 cm³/mol. The van der Waals surface area contributed by atoms with Crippen LogP contribution in [0, 0.1) is 11.6 Å². The molecule has 0 unspecified atom stereocenters. The first kappa shape index (κ1) is 9.92. The van der Waals surface area contributed by atoms with E-state index >= 15 is 0 Å². The van der Waals surface area contributed by atoms with Crippen molar-refractivity contribution < 1.29 is 18.6 Å². The van der Waals surface area contributed by atoms with Crippen molar-refractivity contribution in [2.45, 2.75) is 13.0 Å². The lowest BCUT2D eigenvalue weighted by atomic mass is 10.3. The van der Waals surface area contributed by atoms with Crippen molar-refractivity contribution in [3.63, 3.8) is 0 Å². The molecular weight excluding hydrogens is 178 g/mol. The van der Waals surface area contributed by atoms with Gasteiger partial charge in [0.1, 0.15) is 12.4 Å². The standard InChI is InChI=1S/C9H10F2O2/c1-6(12)5-13-9-3-2-7(10)4-8(9)11/h2-4,6,12H,5H2,1H3/t6-/m1/s1. The van der Waals surface area contributed by atoms with Gasteiger partial charge in [0.05, 0.1) is 6.10 Å². The van der Waals surface area contributed by atoms with Crippen LogP contribution in [-0.4, -0.2) is 17.8 Å². The zero-order valence-electron chi connectivity index (χ0n) is 7.13. The van der Waals surface area contributed by atoms with E-state index in [9.17, 15) is 8.78 Å². The molecule has 2 nitrogen and oxygen atoms in total. The third-order valence-electron chi connectivity index (χ3n) is 1.37. The molecule has 0 bridgehead atoms. The molecular formula is C9H10F2O2. The van der Waals surface area contributed by atoms with Crippen LogP contribution in [0.1, 0.15) is 6.92 Å². The Morgan fingerprint density at radius 3 is 2.69 bits per heavy atom. The number of aliphatic hydroxyl groups excluding tert-OH is 1. The first-order chi connectivity index (χ1) is 6.09. The molecule has 13 heavy (non-hydrogen) atoms. The van der Waals surface area contributed by atoms with Crippen molar-refractivity contribution in [3.8, 4) is 5.75 Å². The van der Waals surface area contributed by atoms with Crippen molar-refractivity contribution in [1.29, 1.82) is 0 Å². The van der Waals surface area contributed by atoms with Crippen LogP contribution < -0.4 is 4.74 Å². The first-order valence-electron chi connectivity index (χ1n) is 3.85. The molecule has 0 aliphatic heterocycles. The van der Waals surface area contributed by atoms with E-state index in [0.29, 0.717) is 0 Å². The van der Waals surface area contributed by atoms with Crippen LogP contribution in [0.2, 0.25) is 0 Å². The molecule has 1 aromatic carbocycles. The van der Waals surface area contributed by atoms with Gasteiger partial charge in [-0.3, -0.25) is 0 Å². The summed E-state index contributed by atoms with van der Waals surface area (Å²) in [7, 11) is 0. The number of halogens is 2. The van der Waals surface area contributed by atoms with E-state index in [2.05, 4.69) is 0 Å². The lowest BCUT2D eigenvalue weighted by Gasteiger charge is -2.08. The Bertz CT molecular complexity index is 287. The molecule has 72 valence electrons. The van der Waals surface area contributed by atoms with E-state index in [-0.39, 0.29) is 12.4 Å². The Kier molecular flexibility index (Phi) is 3.19. The minimum Gasteiger partial charge on any atom is -0.488 e. The molecule has 0 heterocycles. The van der Waals surface area contributed by atoms with Gasteiger partial charge in [-0.15, -0.1) is 0 Å². The summed E-state index contributed by atoms with van der Waals surface area (Å²) < 4.78 is 30.1. The van der Waals surface area contributed by atoms with Crippen molar-refractivity contribution in [3.05, 3.63) is 29.8 Å². The molecule has 0 spiro atoms. The molecule has 1 N–H and O–H groups in total. The summed E-state index contributed by atoms with van der Waals surface area (Å²) in [6.07, 6.45) is -0.676. The lowest BCUT2D eigenvalue weighted by Crippen LogP contribution is -2.13. The van der Waals surface area contributed by atoms with E-state index in [1.807, 2.05) is 0 Å². The molecule has 0 aromatic heterocycles. The second-order valence-corrected chi connectivity index (χ2v) is 2.73. The van der Waals surface area contributed by atoms with Gasteiger partial charge in [-0.1, -0.05) is 0 Å². The fraction of sp³-hybridized carbons (Fsp3) is 0.333. The summed E-state index contributed by atoms with van der Waals surface area (Å²) in [6, 6.07) is 3.02. The number of ether oxygens (including phenoxy) is 1. The highest BCUT2D eigenvalue weighted by Gasteiger charge is 2.05. The monoisotopic (exact) mass is 188 g/mol. The first-order valence-corrected chi connectivity index (χ1v) is 3.85. The maximum atomic E-state index is 12.9. The quantitative estimate of drug-likeness (QED) is 0.782. The van der Waals surface area contributed by atoms with E-state index in [0.717, 1.165) is 12.1 Å². The highest BCUT2D eigenvalue weighted by molar-refractivity contribution is 5.24. The summed E-state index contributed by atoms with van der Waals surface area (Å²) in [4.78, 5) is 0. The van der Waals surface area contributed by atoms with Crippen LogP contribution in [-0.2, 0) is 0 Å². The van der Waals surface area contributed by atoms with Crippen LogP contribution in [0.5, 0.6) is 5.75 Å². The Morgan fingerprint density at radius 1 is 1.46 bits per heavy atom. The van der Waals surface area contributed by atoms with Crippen molar-refractivity contribution in [2.75, 3.05) is 6.61 Å². The largest absolute Gasteiger partial charge is 0.488 e. The average molecular weight is 188 g/mol. The van der Waals surface area contributed by atoms with Crippen LogP contribution in [0.3, 0.4) is 0 Å². The Hall–Kier alpha value is -1.16. The summed E-state index contributed by atoms with van der Waals surface area (Å²) in [5.41, 5.74) is 0. The molecule has 0 aliphatic rings. The Balaban J connectivity index is 2.67. The summed E-state index contributed by atoms with van der Waals surface area (Å²) in [5, 5.41) is 8.84. The summed E-state index contributed by atoms with van der Waals surface area (Å²) in [6.45, 7) is 1.50. The van der Waals surface area contributed by atoms with Crippen molar-refractivity contribution in [1.82, 2.24) is 0 Å². The lowest BCUT2D eigenvalue weighted by molar-refractivity contribution is 0.120. The van der Waals surface area contributed by atoms with Gasteiger partial charge in [0.25, 0.3) is 0 Å². The molecule has 0 amide bonds. The van der Waals surface area contributed by atoms with Gasteiger partial charge in [0.15, 0.2) is 11.6 Å². The smallest absolute Gasteiger partial charge is 0.167 e. The van der Waals surface area contributed by atoms with Gasteiger partial charge in [0, 0.05) is 6.07 Å². The highest BCUT2D eigenvalue weighted by atomic mass is 19.1. The molecule has 4 heteroatoms. The van der Waals surface area contributed by atoms with Crippen LogP contribution >= 0.6 is 0 Å². The highest BCUT2D eigenvalue weighted by Crippen LogP contribution is 2.17. The number of benzene rings is 1. The van der Waals surface area contributed by atoms with Gasteiger partial charge in [0.2, 0.25) is 0 Å². The zero-order valence-corrected chi connectivity index (χ0v) is 7.13. The molecule has 0 aliphatic carbocycles. The van der Waals surface area contributed by atoms with E-state index in [1.165, 1.54) is 13.0 Å². The topological polar surface area (TPSA) is 29.5 Å². The molecule has 0 saturated heterocycles. The van der Waals surface area contributed by atoms with Gasteiger partial charge in [-0.25, -0.2) is 8.78 Å². The minimum absolute atomic E-state index is 0.0114. The SMILES string of the molecule is C[C@@H](O)COc1ccc(F)cc1F. The van der Waals surface area contributed by atoms with Crippen LogP contribution in [0.25, 0.3) is 0 Å². The van der Waals surface area contributed by atoms with E-state index < -0.39 is 17.7 Å². The molecule has 0 saturated carbocycles. The Morgan fingerprint density at radius 2 is 2.15 bits per heavy atom. The molecule has 1 atom stereocenters. The fourth-order valence-electron chi connectivity index (χ4n) is 0.803. The second kappa shape index (κ2) is 4.18. The van der Waals surface area contributed by atoms with E-state index in [4.69, 9.17) is 9.84 Å². The Labute approximate surface area is 74.8 Å². The van der Waals surface area contributed by atoms with E-state index in [1.54, 1.807) is 0 Å². The number of hydrogen-bond acceptors (Lipinski definition) is 2. The zero-order chi connectivity index (χ0) is 9.84. The summed E-state index contributed by atoms with van der Waals surface area (Å²) in [5.74, 6) is -1.47. The second-order valence-electron chi connectivity index (χ2n) is 2.73. The van der Waals surface area contributed by atoms with Gasteiger partial charge >= 0.3 is 0 Å². The number of rotatable bonds is 3. The number of hydrogen-bond donors (Lipinski definition) is 1. The van der Waals surface area contributed by atoms with Crippen LogP contribution in [0.4, 0.5) is 8.78 Å². The average Bonchev–Trinajstić information content (AvgIpc) is 2.02. The minimum atomic E-state index is -0.763. The molecule has 0 radical (unpaired) electrons. The van der Waals surface area contributed by atoms with Gasteiger partial charge in [-0.2, -0.15) is 0 Å². The van der Waals surface area contributed by atoms with Crippen LogP contribution in [0.15, 0.2) is 18.2 Å². The van der Waals surface area contributed by atoms with Gasteiger partial charge < -0.3 is 9.84 Å². The maximum absolute atomic E-state index is 12.9. The molecule has 1 rings (SSSR count). The third-order valence-corrected chi connectivity index (χ3v) is 1.37. The van der Waals surface area contributed by atoms with Crippen molar-refractivity contribution in [2.24, 2.45) is 0 Å². The maximum Gasteiger partial charge on any atom is 0.167 e. The summed E-state index contributed by atoms with van der Waals surface area (Å²) >= 11 is 0. The third kappa shape index (κ3) is 2.99. The molecule has 0 fully saturated rings. The number of aliphatic hydroxyl groups is 1. The molecule has 1 aromatic rings. The van der Waals surface area contributed by atoms with Gasteiger partial charge in [-0.05, 0) is 19.1 Å². The van der Waals surface area contributed by atoms with Crippen molar-refractivity contribution >= 4 is 0 Å². The fourth-order valence-corrected chi connectivity index (χ4v) is 0.803. The normalized spacial score (nSPS) is 12.6.